The smallest absolute Gasteiger partial charge is 0.133 e. The van der Waals surface area contributed by atoms with Crippen molar-refractivity contribution in [3.63, 3.8) is 0 Å². The first-order chi connectivity index (χ1) is 10.9. The van der Waals surface area contributed by atoms with Crippen molar-refractivity contribution in [2.45, 2.75) is 12.2 Å². The lowest BCUT2D eigenvalue weighted by atomic mass is 9.74. The Bertz CT molecular complexity index is 894. The molecule has 0 spiro atoms. The Morgan fingerprint density at radius 1 is 0.909 bits per heavy atom. The van der Waals surface area contributed by atoms with Crippen LogP contribution in [0, 0.1) is 5.92 Å². The second-order valence-electron chi connectivity index (χ2n) is 6.02. The van der Waals surface area contributed by atoms with Crippen molar-refractivity contribution in [2.75, 3.05) is 6.61 Å². The van der Waals surface area contributed by atoms with Gasteiger partial charge >= 0.3 is 0 Å². The van der Waals surface area contributed by atoms with Crippen LogP contribution in [-0.2, 0) is 9.47 Å². The third-order valence-electron chi connectivity index (χ3n) is 4.86. The van der Waals surface area contributed by atoms with Gasteiger partial charge in [0.2, 0.25) is 0 Å². The summed E-state index contributed by atoms with van der Waals surface area (Å²) in [6.07, 6.45) is 6.39. The Morgan fingerprint density at radius 3 is 2.77 bits per heavy atom. The van der Waals surface area contributed by atoms with Crippen LogP contribution in [0.25, 0.3) is 11.8 Å². The number of fused-ring (bicyclic) bond motifs is 7. The van der Waals surface area contributed by atoms with E-state index in [0.29, 0.717) is 6.61 Å². The summed E-state index contributed by atoms with van der Waals surface area (Å²) in [5.74, 6) is 0.239. The van der Waals surface area contributed by atoms with Gasteiger partial charge in [-0.3, -0.25) is 0 Å². The molecule has 3 unspecified atom stereocenters. The number of hydrogen-bond acceptors (Lipinski definition) is 2. The predicted molar refractivity (Wildman–Crippen MR) is 85.3 cm³/mol. The molecular formula is C20H16O2. The Morgan fingerprint density at radius 2 is 1.77 bits per heavy atom. The number of rotatable bonds is 0. The number of hydrogen-bond donors (Lipinski definition) is 0. The highest BCUT2D eigenvalue weighted by Crippen LogP contribution is 2.45. The predicted octanol–water partition coefficient (Wildman–Crippen LogP) is 2.28. The topological polar surface area (TPSA) is 18.5 Å². The summed E-state index contributed by atoms with van der Waals surface area (Å²) < 4.78 is 12.2. The zero-order valence-electron chi connectivity index (χ0n) is 12.1. The highest BCUT2D eigenvalue weighted by atomic mass is 16.5. The molecule has 2 aromatic carbocycles. The van der Waals surface area contributed by atoms with E-state index in [4.69, 9.17) is 9.47 Å². The van der Waals surface area contributed by atoms with E-state index in [1.807, 2.05) is 6.26 Å². The van der Waals surface area contributed by atoms with Gasteiger partial charge in [-0.15, -0.1) is 0 Å². The van der Waals surface area contributed by atoms with Crippen molar-refractivity contribution in [2.24, 2.45) is 5.92 Å². The van der Waals surface area contributed by atoms with Crippen molar-refractivity contribution >= 4 is 11.8 Å². The fraction of sp³-hybridized carbons (Fsp3) is 0.200. The van der Waals surface area contributed by atoms with Gasteiger partial charge < -0.3 is 9.47 Å². The van der Waals surface area contributed by atoms with E-state index in [1.54, 1.807) is 0 Å². The Hall–Kier alpha value is -2.32. The number of benzene rings is 2. The van der Waals surface area contributed by atoms with Crippen LogP contribution in [0.5, 0.6) is 0 Å². The molecule has 2 heteroatoms. The van der Waals surface area contributed by atoms with Gasteiger partial charge in [0.15, 0.2) is 0 Å². The van der Waals surface area contributed by atoms with Crippen LogP contribution in [0.2, 0.25) is 0 Å². The van der Waals surface area contributed by atoms with E-state index in [2.05, 4.69) is 60.7 Å². The Labute approximate surface area is 129 Å². The van der Waals surface area contributed by atoms with E-state index in [-0.39, 0.29) is 18.1 Å². The zero-order valence-corrected chi connectivity index (χ0v) is 12.1. The molecule has 0 aromatic heterocycles. The van der Waals surface area contributed by atoms with Gasteiger partial charge in [0.25, 0.3) is 0 Å². The summed E-state index contributed by atoms with van der Waals surface area (Å²) in [4.78, 5) is 0. The van der Waals surface area contributed by atoms with Crippen molar-refractivity contribution in [3.05, 3.63) is 82.2 Å². The van der Waals surface area contributed by atoms with Crippen LogP contribution in [0.1, 0.15) is 17.2 Å². The minimum absolute atomic E-state index is 0.0337. The van der Waals surface area contributed by atoms with Gasteiger partial charge in [0, 0.05) is 16.7 Å². The molecule has 22 heavy (non-hydrogen) atoms. The fourth-order valence-electron chi connectivity index (χ4n) is 3.93. The molecule has 0 fully saturated rings. The highest BCUT2D eigenvalue weighted by Gasteiger charge is 2.42. The lowest BCUT2D eigenvalue weighted by molar-refractivity contribution is -0.00636. The van der Waals surface area contributed by atoms with Crippen LogP contribution < -0.4 is 10.4 Å². The zero-order chi connectivity index (χ0) is 14.5. The average molecular weight is 288 g/mol. The summed E-state index contributed by atoms with van der Waals surface area (Å²) in [6, 6.07) is 17.0. The molecule has 0 amide bonds. The fourth-order valence-corrected chi connectivity index (χ4v) is 3.93. The minimum atomic E-state index is 0.0337. The first-order valence-corrected chi connectivity index (χ1v) is 7.76. The maximum atomic E-state index is 6.14. The molecule has 0 bridgehead atoms. The van der Waals surface area contributed by atoms with Gasteiger partial charge in [0.1, 0.15) is 6.10 Å². The summed E-state index contributed by atoms with van der Waals surface area (Å²) >= 11 is 0. The summed E-state index contributed by atoms with van der Waals surface area (Å²) in [6.45, 7) is 0.678. The van der Waals surface area contributed by atoms with Gasteiger partial charge in [0.05, 0.1) is 19.0 Å². The minimum Gasteiger partial charge on any atom is -0.492 e. The maximum Gasteiger partial charge on any atom is 0.133 e. The van der Waals surface area contributed by atoms with Gasteiger partial charge in [-0.05, 0) is 16.3 Å². The van der Waals surface area contributed by atoms with E-state index < -0.39 is 0 Å². The quantitative estimate of drug-likeness (QED) is 0.692. The molecule has 2 aliphatic heterocycles. The van der Waals surface area contributed by atoms with Crippen LogP contribution in [0.15, 0.2) is 60.7 Å². The third kappa shape index (κ3) is 1.59. The van der Waals surface area contributed by atoms with Gasteiger partial charge in [-0.1, -0.05) is 60.7 Å². The first-order valence-electron chi connectivity index (χ1n) is 7.76. The summed E-state index contributed by atoms with van der Waals surface area (Å²) in [5.41, 5.74) is 3.85. The molecule has 2 heterocycles. The van der Waals surface area contributed by atoms with Crippen molar-refractivity contribution in [1.82, 2.24) is 0 Å². The van der Waals surface area contributed by atoms with Crippen LogP contribution >= 0.6 is 0 Å². The van der Waals surface area contributed by atoms with Crippen molar-refractivity contribution < 1.29 is 9.47 Å². The largest absolute Gasteiger partial charge is 0.492 e. The third-order valence-corrected chi connectivity index (χ3v) is 4.86. The van der Waals surface area contributed by atoms with E-state index in [0.717, 1.165) is 5.22 Å². The molecular weight excluding hydrogens is 272 g/mol. The van der Waals surface area contributed by atoms with E-state index in [9.17, 15) is 0 Å². The molecule has 0 saturated carbocycles. The SMILES string of the molecule is C1=CC2C3OC=c4ccccc4=C3c3ccccc3C2OC1. The highest BCUT2D eigenvalue weighted by molar-refractivity contribution is 5.75. The molecule has 2 aromatic rings. The first kappa shape index (κ1) is 12.2. The summed E-state index contributed by atoms with van der Waals surface area (Å²) in [5, 5.41) is 2.44. The molecule has 3 aliphatic rings. The average Bonchev–Trinajstić information content (AvgIpc) is 2.61. The van der Waals surface area contributed by atoms with E-state index in [1.165, 1.54) is 21.9 Å². The maximum absolute atomic E-state index is 6.14. The van der Waals surface area contributed by atoms with Crippen molar-refractivity contribution in [3.8, 4) is 0 Å². The lowest BCUT2D eigenvalue weighted by Crippen LogP contribution is -2.44. The number of ether oxygens (including phenoxy) is 2. The Balaban J connectivity index is 1.90. The molecule has 1 aliphatic carbocycles. The van der Waals surface area contributed by atoms with E-state index >= 15 is 0 Å². The van der Waals surface area contributed by atoms with Crippen LogP contribution in [0.3, 0.4) is 0 Å². The molecule has 0 radical (unpaired) electrons. The molecule has 3 atom stereocenters. The van der Waals surface area contributed by atoms with Crippen LogP contribution in [-0.4, -0.2) is 12.7 Å². The molecule has 5 rings (SSSR count). The molecule has 0 N–H and O–H groups in total. The van der Waals surface area contributed by atoms with Crippen molar-refractivity contribution in [1.29, 1.82) is 0 Å². The molecule has 0 saturated heterocycles. The second kappa shape index (κ2) is 4.59. The van der Waals surface area contributed by atoms with Crippen LogP contribution in [0.4, 0.5) is 0 Å². The second-order valence-corrected chi connectivity index (χ2v) is 6.02. The lowest BCUT2D eigenvalue weighted by Gasteiger charge is -2.41. The normalized spacial score (nSPS) is 27.6. The molecule has 108 valence electrons. The monoisotopic (exact) mass is 288 g/mol. The van der Waals surface area contributed by atoms with Gasteiger partial charge in [-0.2, -0.15) is 0 Å². The standard InChI is InChI=1S/C20H16O2/c1-2-7-14-13(6-1)12-22-20-17-10-5-11-21-19(17)16-9-4-3-8-15(16)18(14)20/h1-10,12,17,19-20H,11H2. The Kier molecular flexibility index (Phi) is 2.55. The molecule has 2 nitrogen and oxygen atoms in total. The van der Waals surface area contributed by atoms with Gasteiger partial charge in [-0.25, -0.2) is 0 Å². The summed E-state index contributed by atoms with van der Waals surface area (Å²) in [7, 11) is 0.